The Morgan fingerprint density at radius 3 is 2.08 bits per heavy atom. The number of piperidine rings is 1. The third-order valence-electron chi connectivity index (χ3n) is 2.48. The summed E-state index contributed by atoms with van der Waals surface area (Å²) in [7, 11) is 0. The highest BCUT2D eigenvalue weighted by atomic mass is 15.1. The number of hydrogen-bond donors (Lipinski definition) is 1. The van der Waals surface area contributed by atoms with Crippen molar-refractivity contribution < 1.29 is 0 Å². The topological polar surface area (TPSA) is 38.2 Å². The monoisotopic (exact) mass is 178 g/mol. The molecule has 2 nitrogen and oxygen atoms in total. The van der Waals surface area contributed by atoms with Crippen molar-refractivity contribution in [1.29, 1.82) is 0 Å². The molecule has 0 radical (unpaired) electrons. The Balaban J connectivity index is 0.000000845. The Bertz CT molecular complexity index is 227. The van der Waals surface area contributed by atoms with Gasteiger partial charge in [-0.05, 0) is 31.4 Å². The number of benzene rings is 1. The average molecular weight is 178 g/mol. The molecular formula is C11H18N2. The van der Waals surface area contributed by atoms with Crippen LogP contribution in [0.2, 0.25) is 0 Å². The minimum Gasteiger partial charge on any atom is -0.372 e. The third-order valence-corrected chi connectivity index (χ3v) is 2.48. The second-order valence-electron chi connectivity index (χ2n) is 3.38. The lowest BCUT2D eigenvalue weighted by molar-refractivity contribution is 0.578. The third kappa shape index (κ3) is 2.46. The molecule has 1 aromatic carbocycles. The molecule has 0 unspecified atom stereocenters. The molecule has 1 heterocycles. The molecule has 1 saturated heterocycles. The highest BCUT2D eigenvalue weighted by Crippen LogP contribution is 2.18. The summed E-state index contributed by atoms with van der Waals surface area (Å²) in [6.07, 6.45) is 4.12. The number of para-hydroxylation sites is 1. The molecule has 0 spiro atoms. The molecule has 1 fully saturated rings. The van der Waals surface area contributed by atoms with E-state index in [4.69, 9.17) is 0 Å². The van der Waals surface area contributed by atoms with Crippen LogP contribution in [0.15, 0.2) is 30.3 Å². The van der Waals surface area contributed by atoms with E-state index in [1.54, 1.807) is 0 Å². The molecule has 2 heteroatoms. The van der Waals surface area contributed by atoms with Crippen LogP contribution in [-0.2, 0) is 0 Å². The zero-order valence-electron chi connectivity index (χ0n) is 8.08. The zero-order valence-corrected chi connectivity index (χ0v) is 8.08. The molecule has 0 atom stereocenters. The van der Waals surface area contributed by atoms with E-state index < -0.39 is 0 Å². The highest BCUT2D eigenvalue weighted by Gasteiger charge is 2.09. The van der Waals surface area contributed by atoms with Crippen LogP contribution in [0, 0.1) is 0 Å². The summed E-state index contributed by atoms with van der Waals surface area (Å²) in [6.45, 7) is 2.48. The second-order valence-corrected chi connectivity index (χ2v) is 3.38. The first kappa shape index (κ1) is 10.1. The largest absolute Gasteiger partial charge is 0.372 e. The van der Waals surface area contributed by atoms with Gasteiger partial charge in [-0.2, -0.15) is 0 Å². The maximum Gasteiger partial charge on any atom is 0.0366 e. The number of rotatable bonds is 1. The second kappa shape index (κ2) is 4.87. The zero-order chi connectivity index (χ0) is 8.23. The Hall–Kier alpha value is -1.02. The number of anilines is 1. The molecule has 2 rings (SSSR count). The summed E-state index contributed by atoms with van der Waals surface area (Å²) >= 11 is 0. The van der Waals surface area contributed by atoms with Crippen molar-refractivity contribution in [2.45, 2.75) is 19.3 Å². The summed E-state index contributed by atoms with van der Waals surface area (Å²) in [5.74, 6) is 0. The molecule has 0 bridgehead atoms. The fourth-order valence-corrected chi connectivity index (χ4v) is 1.79. The van der Waals surface area contributed by atoms with E-state index in [1.807, 2.05) is 0 Å². The molecule has 0 saturated carbocycles. The van der Waals surface area contributed by atoms with E-state index in [1.165, 1.54) is 38.0 Å². The maximum absolute atomic E-state index is 2.48. The molecule has 0 amide bonds. The molecule has 1 aromatic rings. The van der Waals surface area contributed by atoms with Crippen molar-refractivity contribution in [2.24, 2.45) is 0 Å². The van der Waals surface area contributed by atoms with E-state index in [0.717, 1.165) is 0 Å². The lowest BCUT2D eigenvalue weighted by atomic mass is 10.1. The fourth-order valence-electron chi connectivity index (χ4n) is 1.79. The van der Waals surface area contributed by atoms with Crippen molar-refractivity contribution in [1.82, 2.24) is 6.15 Å². The standard InChI is InChI=1S/C11H15N.H3N/c1-3-7-11(8-4-1)12-9-5-2-6-10-12;/h1,3-4,7-8H,2,5-6,9-10H2;1H3. The molecule has 0 aliphatic carbocycles. The summed E-state index contributed by atoms with van der Waals surface area (Å²) in [6, 6.07) is 10.7. The van der Waals surface area contributed by atoms with Crippen LogP contribution >= 0.6 is 0 Å². The summed E-state index contributed by atoms with van der Waals surface area (Å²) in [5.41, 5.74) is 1.39. The SMILES string of the molecule is N.c1ccc(N2CCCCC2)cc1. The summed E-state index contributed by atoms with van der Waals surface area (Å²) < 4.78 is 0. The van der Waals surface area contributed by atoms with Crippen molar-refractivity contribution >= 4 is 5.69 Å². The van der Waals surface area contributed by atoms with Gasteiger partial charge in [-0.1, -0.05) is 18.2 Å². The van der Waals surface area contributed by atoms with E-state index in [9.17, 15) is 0 Å². The average Bonchev–Trinajstić information content (AvgIpc) is 2.21. The Morgan fingerprint density at radius 2 is 1.46 bits per heavy atom. The number of nitrogens with zero attached hydrogens (tertiary/aromatic N) is 1. The van der Waals surface area contributed by atoms with Gasteiger partial charge < -0.3 is 11.1 Å². The minimum absolute atomic E-state index is 0. The lowest BCUT2D eigenvalue weighted by Crippen LogP contribution is -2.29. The van der Waals surface area contributed by atoms with Gasteiger partial charge in [0.2, 0.25) is 0 Å². The van der Waals surface area contributed by atoms with Gasteiger partial charge in [0, 0.05) is 18.8 Å². The van der Waals surface area contributed by atoms with E-state index >= 15 is 0 Å². The quantitative estimate of drug-likeness (QED) is 0.718. The molecule has 72 valence electrons. The van der Waals surface area contributed by atoms with Gasteiger partial charge in [0.05, 0.1) is 0 Å². The van der Waals surface area contributed by atoms with Crippen LogP contribution in [0.4, 0.5) is 5.69 Å². The fraction of sp³-hybridized carbons (Fsp3) is 0.455. The first-order valence-corrected chi connectivity index (χ1v) is 4.77. The van der Waals surface area contributed by atoms with Gasteiger partial charge >= 0.3 is 0 Å². The van der Waals surface area contributed by atoms with Gasteiger partial charge in [-0.15, -0.1) is 0 Å². The summed E-state index contributed by atoms with van der Waals surface area (Å²) in [4.78, 5) is 2.48. The molecule has 1 aliphatic rings. The van der Waals surface area contributed by atoms with Gasteiger partial charge in [0.1, 0.15) is 0 Å². The lowest BCUT2D eigenvalue weighted by Gasteiger charge is -2.28. The van der Waals surface area contributed by atoms with Crippen molar-refractivity contribution in [3.05, 3.63) is 30.3 Å². The predicted octanol–water partition coefficient (Wildman–Crippen LogP) is 2.84. The van der Waals surface area contributed by atoms with Crippen LogP contribution in [-0.4, -0.2) is 13.1 Å². The Morgan fingerprint density at radius 1 is 0.846 bits per heavy atom. The van der Waals surface area contributed by atoms with Crippen molar-refractivity contribution in [3.8, 4) is 0 Å². The first-order valence-electron chi connectivity index (χ1n) is 4.77. The van der Waals surface area contributed by atoms with Crippen LogP contribution in [0.1, 0.15) is 19.3 Å². The molecule has 1 aliphatic heterocycles. The molecular weight excluding hydrogens is 160 g/mol. The van der Waals surface area contributed by atoms with E-state index in [-0.39, 0.29) is 6.15 Å². The van der Waals surface area contributed by atoms with Gasteiger partial charge in [0.15, 0.2) is 0 Å². The predicted molar refractivity (Wildman–Crippen MR) is 57.5 cm³/mol. The van der Waals surface area contributed by atoms with Crippen molar-refractivity contribution in [3.63, 3.8) is 0 Å². The smallest absolute Gasteiger partial charge is 0.0366 e. The van der Waals surface area contributed by atoms with Crippen LogP contribution in [0.25, 0.3) is 0 Å². The van der Waals surface area contributed by atoms with Crippen LogP contribution in [0.3, 0.4) is 0 Å². The molecule has 13 heavy (non-hydrogen) atoms. The minimum atomic E-state index is 0. The van der Waals surface area contributed by atoms with Crippen LogP contribution < -0.4 is 11.1 Å². The van der Waals surface area contributed by atoms with Crippen LogP contribution in [0.5, 0.6) is 0 Å². The van der Waals surface area contributed by atoms with Crippen molar-refractivity contribution in [2.75, 3.05) is 18.0 Å². The van der Waals surface area contributed by atoms with E-state index in [2.05, 4.69) is 35.2 Å². The first-order chi connectivity index (χ1) is 5.97. The van der Waals surface area contributed by atoms with Gasteiger partial charge in [-0.3, -0.25) is 0 Å². The summed E-state index contributed by atoms with van der Waals surface area (Å²) in [5, 5.41) is 0. The van der Waals surface area contributed by atoms with E-state index in [0.29, 0.717) is 0 Å². The molecule has 0 aromatic heterocycles. The highest BCUT2D eigenvalue weighted by molar-refractivity contribution is 5.46. The van der Waals surface area contributed by atoms with Gasteiger partial charge in [0.25, 0.3) is 0 Å². The normalized spacial score (nSPS) is 16.5. The Labute approximate surface area is 80.1 Å². The Kier molecular flexibility index (Phi) is 3.77. The maximum atomic E-state index is 2.48. The number of hydrogen-bond acceptors (Lipinski definition) is 2. The van der Waals surface area contributed by atoms with Gasteiger partial charge in [-0.25, -0.2) is 0 Å². The molecule has 3 N–H and O–H groups in total.